The van der Waals surface area contributed by atoms with Gasteiger partial charge in [0.1, 0.15) is 0 Å². The van der Waals surface area contributed by atoms with Gasteiger partial charge in [-0.15, -0.1) is 11.3 Å². The van der Waals surface area contributed by atoms with Gasteiger partial charge in [0.25, 0.3) is 11.8 Å². The van der Waals surface area contributed by atoms with Gasteiger partial charge in [-0.1, -0.05) is 86.3 Å². The SMILES string of the molecule is CC(C)c1ccccc1NC(=O)CSc1nc2ccc(NC(=O)c3ccccc3C(=O)NCc3ccccc3)cc2s1. The molecule has 0 fully saturated rings. The predicted octanol–water partition coefficient (Wildman–Crippen LogP) is 7.33. The molecule has 0 bridgehead atoms. The Morgan fingerprint density at radius 1 is 0.810 bits per heavy atom. The van der Waals surface area contributed by atoms with Crippen molar-refractivity contribution in [1.29, 1.82) is 0 Å². The lowest BCUT2D eigenvalue weighted by atomic mass is 10.0. The number of hydrogen-bond acceptors (Lipinski definition) is 6. The van der Waals surface area contributed by atoms with Crippen molar-refractivity contribution in [3.8, 4) is 0 Å². The molecule has 0 spiro atoms. The van der Waals surface area contributed by atoms with Crippen LogP contribution in [0, 0.1) is 0 Å². The summed E-state index contributed by atoms with van der Waals surface area (Å²) in [7, 11) is 0. The summed E-state index contributed by atoms with van der Waals surface area (Å²) in [5.74, 6) is -0.248. The van der Waals surface area contributed by atoms with Crippen LogP contribution in [-0.2, 0) is 11.3 Å². The Labute approximate surface area is 252 Å². The molecule has 7 nitrogen and oxygen atoms in total. The van der Waals surface area contributed by atoms with E-state index >= 15 is 0 Å². The molecule has 0 unspecified atom stereocenters. The number of anilines is 2. The molecule has 9 heteroatoms. The fourth-order valence-corrected chi connectivity index (χ4v) is 6.33. The maximum absolute atomic E-state index is 13.2. The second-order valence-corrected chi connectivity index (χ2v) is 12.2. The molecule has 0 saturated carbocycles. The fraction of sp³-hybridized carbons (Fsp3) is 0.152. The molecule has 42 heavy (non-hydrogen) atoms. The van der Waals surface area contributed by atoms with E-state index in [1.807, 2.05) is 66.7 Å². The summed E-state index contributed by atoms with van der Waals surface area (Å²) in [6.07, 6.45) is 0. The standard InChI is InChI=1S/C33H30N4O3S2/c1-21(2)24-12-8-9-15-27(24)36-30(38)20-41-33-37-28-17-16-23(18-29(28)42-33)35-32(40)26-14-7-6-13-25(26)31(39)34-19-22-10-4-3-5-11-22/h3-18,21H,19-20H2,1-2H3,(H,34,39)(H,35,40)(H,36,38). The van der Waals surface area contributed by atoms with E-state index in [2.05, 4.69) is 34.8 Å². The first-order valence-corrected chi connectivity index (χ1v) is 15.3. The third-order valence-corrected chi connectivity index (χ3v) is 8.68. The second kappa shape index (κ2) is 13.5. The highest BCUT2D eigenvalue weighted by Gasteiger charge is 2.17. The van der Waals surface area contributed by atoms with Crippen molar-refractivity contribution in [1.82, 2.24) is 10.3 Å². The van der Waals surface area contributed by atoms with E-state index in [4.69, 9.17) is 0 Å². The zero-order chi connectivity index (χ0) is 29.5. The van der Waals surface area contributed by atoms with E-state index in [0.29, 0.717) is 23.7 Å². The van der Waals surface area contributed by atoms with Crippen LogP contribution in [0.4, 0.5) is 11.4 Å². The van der Waals surface area contributed by atoms with Crippen molar-refractivity contribution in [3.63, 3.8) is 0 Å². The quantitative estimate of drug-likeness (QED) is 0.147. The molecular weight excluding hydrogens is 565 g/mol. The summed E-state index contributed by atoms with van der Waals surface area (Å²) in [6, 6.07) is 29.6. The van der Waals surface area contributed by atoms with Gasteiger partial charge in [0.05, 0.1) is 27.1 Å². The lowest BCUT2D eigenvalue weighted by Gasteiger charge is -2.13. The van der Waals surface area contributed by atoms with Crippen LogP contribution in [0.25, 0.3) is 10.2 Å². The first-order valence-electron chi connectivity index (χ1n) is 13.5. The highest BCUT2D eigenvalue weighted by atomic mass is 32.2. The maximum Gasteiger partial charge on any atom is 0.256 e. The molecule has 0 aliphatic carbocycles. The van der Waals surface area contributed by atoms with Crippen LogP contribution < -0.4 is 16.0 Å². The number of para-hydroxylation sites is 1. The largest absolute Gasteiger partial charge is 0.348 e. The van der Waals surface area contributed by atoms with Crippen LogP contribution in [0.15, 0.2) is 101 Å². The molecule has 5 rings (SSSR count). The number of fused-ring (bicyclic) bond motifs is 1. The number of hydrogen-bond donors (Lipinski definition) is 3. The minimum Gasteiger partial charge on any atom is -0.348 e. The summed E-state index contributed by atoms with van der Waals surface area (Å²) in [6.45, 7) is 4.56. The zero-order valence-electron chi connectivity index (χ0n) is 23.2. The minimum absolute atomic E-state index is 0.0909. The van der Waals surface area contributed by atoms with Gasteiger partial charge in [-0.25, -0.2) is 4.98 Å². The molecular formula is C33H30N4O3S2. The number of nitrogens with zero attached hydrogens (tertiary/aromatic N) is 1. The first-order chi connectivity index (χ1) is 20.4. The highest BCUT2D eigenvalue weighted by Crippen LogP contribution is 2.32. The number of carbonyl (C=O) groups excluding carboxylic acids is 3. The van der Waals surface area contributed by atoms with Crippen LogP contribution in [0.2, 0.25) is 0 Å². The number of thiazole rings is 1. The number of amides is 3. The van der Waals surface area contributed by atoms with E-state index in [-0.39, 0.29) is 29.0 Å². The summed E-state index contributed by atoms with van der Waals surface area (Å²) < 4.78 is 1.65. The third-order valence-electron chi connectivity index (χ3n) is 6.52. The van der Waals surface area contributed by atoms with E-state index in [0.717, 1.165) is 31.4 Å². The molecule has 212 valence electrons. The Kier molecular flexibility index (Phi) is 9.31. The molecule has 4 aromatic carbocycles. The molecule has 0 aliphatic rings. The third kappa shape index (κ3) is 7.23. The van der Waals surface area contributed by atoms with Crippen molar-refractivity contribution < 1.29 is 14.4 Å². The molecule has 0 aliphatic heterocycles. The van der Waals surface area contributed by atoms with Crippen molar-refractivity contribution >= 4 is 62.4 Å². The van der Waals surface area contributed by atoms with Gasteiger partial charge in [0.2, 0.25) is 5.91 Å². The molecule has 0 atom stereocenters. The van der Waals surface area contributed by atoms with Gasteiger partial charge >= 0.3 is 0 Å². The minimum atomic E-state index is -0.378. The number of benzene rings is 4. The van der Waals surface area contributed by atoms with Gasteiger partial charge in [-0.3, -0.25) is 14.4 Å². The van der Waals surface area contributed by atoms with Gasteiger partial charge in [0, 0.05) is 17.9 Å². The number of aromatic nitrogens is 1. The van der Waals surface area contributed by atoms with Crippen LogP contribution in [0.5, 0.6) is 0 Å². The Morgan fingerprint density at radius 3 is 2.26 bits per heavy atom. The number of thioether (sulfide) groups is 1. The zero-order valence-corrected chi connectivity index (χ0v) is 24.9. The predicted molar refractivity (Wildman–Crippen MR) is 172 cm³/mol. The number of rotatable bonds is 10. The Morgan fingerprint density at radius 2 is 1.50 bits per heavy atom. The van der Waals surface area contributed by atoms with E-state index in [1.54, 1.807) is 30.3 Å². The summed E-state index contributed by atoms with van der Waals surface area (Å²) in [5, 5.41) is 8.81. The second-order valence-electron chi connectivity index (χ2n) is 9.91. The van der Waals surface area contributed by atoms with Crippen molar-refractivity contribution in [3.05, 3.63) is 119 Å². The molecule has 3 N–H and O–H groups in total. The van der Waals surface area contributed by atoms with Gasteiger partial charge in [-0.05, 0) is 53.4 Å². The van der Waals surface area contributed by atoms with Crippen LogP contribution >= 0.6 is 23.1 Å². The summed E-state index contributed by atoms with van der Waals surface area (Å²) in [4.78, 5) is 43.4. The average Bonchev–Trinajstić information content (AvgIpc) is 3.42. The van der Waals surface area contributed by atoms with Crippen LogP contribution in [-0.4, -0.2) is 28.5 Å². The highest BCUT2D eigenvalue weighted by molar-refractivity contribution is 8.01. The lowest BCUT2D eigenvalue weighted by molar-refractivity contribution is -0.113. The van der Waals surface area contributed by atoms with E-state index < -0.39 is 0 Å². The topological polar surface area (TPSA) is 100 Å². The smallest absolute Gasteiger partial charge is 0.256 e. The Hall–Kier alpha value is -4.47. The van der Waals surface area contributed by atoms with Gasteiger partial charge < -0.3 is 16.0 Å². The molecule has 1 heterocycles. The van der Waals surface area contributed by atoms with Crippen molar-refractivity contribution in [2.75, 3.05) is 16.4 Å². The van der Waals surface area contributed by atoms with Crippen molar-refractivity contribution in [2.45, 2.75) is 30.6 Å². The van der Waals surface area contributed by atoms with Gasteiger partial charge in [0.15, 0.2) is 4.34 Å². The molecule has 5 aromatic rings. The summed E-state index contributed by atoms with van der Waals surface area (Å²) in [5.41, 5.74) is 4.87. The Bertz CT molecular complexity index is 1730. The molecule has 0 radical (unpaired) electrons. The average molecular weight is 595 g/mol. The first kappa shape index (κ1) is 29.0. The van der Waals surface area contributed by atoms with Crippen LogP contribution in [0.1, 0.15) is 51.6 Å². The fourth-order valence-electron chi connectivity index (χ4n) is 4.42. The van der Waals surface area contributed by atoms with E-state index in [9.17, 15) is 14.4 Å². The summed E-state index contributed by atoms with van der Waals surface area (Å²) >= 11 is 2.84. The molecule has 0 saturated heterocycles. The monoisotopic (exact) mass is 594 g/mol. The normalized spacial score (nSPS) is 10.9. The maximum atomic E-state index is 13.2. The molecule has 1 aromatic heterocycles. The van der Waals surface area contributed by atoms with E-state index in [1.165, 1.54) is 23.1 Å². The molecule has 3 amide bonds. The van der Waals surface area contributed by atoms with Crippen LogP contribution in [0.3, 0.4) is 0 Å². The Balaban J connectivity index is 1.21. The number of nitrogens with one attached hydrogen (secondary N) is 3. The van der Waals surface area contributed by atoms with Gasteiger partial charge in [-0.2, -0.15) is 0 Å². The lowest BCUT2D eigenvalue weighted by Crippen LogP contribution is -2.26. The number of carbonyl (C=O) groups is 3. The van der Waals surface area contributed by atoms with Crippen molar-refractivity contribution in [2.24, 2.45) is 0 Å².